The van der Waals surface area contributed by atoms with Gasteiger partial charge < -0.3 is 15.6 Å². The second-order valence-corrected chi connectivity index (χ2v) is 3.27. The summed E-state index contributed by atoms with van der Waals surface area (Å²) in [5, 5.41) is 6.14. The van der Waals surface area contributed by atoms with Crippen LogP contribution in [0.2, 0.25) is 0 Å². The molecular weight excluding hydrogens is 206 g/mol. The molecule has 1 heterocycles. The van der Waals surface area contributed by atoms with E-state index in [0.29, 0.717) is 17.8 Å². The molecule has 0 fully saturated rings. The van der Waals surface area contributed by atoms with E-state index < -0.39 is 0 Å². The molecule has 0 bridgehead atoms. The first-order valence-electron chi connectivity index (χ1n) is 4.79. The first-order valence-corrected chi connectivity index (χ1v) is 4.79. The first kappa shape index (κ1) is 10.4. The third kappa shape index (κ3) is 2.26. The molecule has 5 heteroatoms. The normalized spacial score (nSPS) is 10.1. The maximum atomic E-state index is 11.7. The molecule has 0 spiro atoms. The summed E-state index contributed by atoms with van der Waals surface area (Å²) in [4.78, 5) is 11.7. The summed E-state index contributed by atoms with van der Waals surface area (Å²) >= 11 is 0. The van der Waals surface area contributed by atoms with E-state index in [1.165, 1.54) is 12.5 Å². The number of aromatic nitrogens is 1. The number of hydrogen-bond donors (Lipinski definition) is 2. The van der Waals surface area contributed by atoms with E-state index in [4.69, 9.17) is 5.73 Å². The number of carbonyl (C=O) groups is 1. The van der Waals surface area contributed by atoms with Crippen LogP contribution >= 0.6 is 0 Å². The van der Waals surface area contributed by atoms with Crippen LogP contribution in [0.15, 0.2) is 41.2 Å². The molecule has 2 rings (SSSR count). The maximum Gasteiger partial charge on any atom is 0.255 e. The van der Waals surface area contributed by atoms with E-state index in [1.807, 2.05) is 12.1 Å². The molecule has 0 saturated carbocycles. The Balaban J connectivity index is 2.09. The van der Waals surface area contributed by atoms with E-state index in [0.717, 1.165) is 5.56 Å². The molecule has 2 aromatic rings. The van der Waals surface area contributed by atoms with Crippen molar-refractivity contribution in [2.75, 3.05) is 5.32 Å². The SMILES string of the molecule is NCc1ccc(C(=O)Nc2cnoc2)cc1. The van der Waals surface area contributed by atoms with Crippen LogP contribution in [0.3, 0.4) is 0 Å². The van der Waals surface area contributed by atoms with Gasteiger partial charge in [-0.25, -0.2) is 0 Å². The summed E-state index contributed by atoms with van der Waals surface area (Å²) in [5.74, 6) is -0.202. The molecule has 5 nitrogen and oxygen atoms in total. The second-order valence-electron chi connectivity index (χ2n) is 3.27. The molecule has 1 aromatic carbocycles. The van der Waals surface area contributed by atoms with Crippen molar-refractivity contribution in [2.24, 2.45) is 5.73 Å². The van der Waals surface area contributed by atoms with Gasteiger partial charge in [-0.2, -0.15) is 0 Å². The molecule has 0 aliphatic carbocycles. The van der Waals surface area contributed by atoms with Crippen molar-refractivity contribution in [3.63, 3.8) is 0 Å². The lowest BCUT2D eigenvalue weighted by Crippen LogP contribution is -2.11. The van der Waals surface area contributed by atoms with Crippen LogP contribution in [-0.4, -0.2) is 11.1 Å². The molecule has 0 aliphatic heterocycles. The fourth-order valence-corrected chi connectivity index (χ4v) is 1.26. The second kappa shape index (κ2) is 4.59. The van der Waals surface area contributed by atoms with Crippen LogP contribution < -0.4 is 11.1 Å². The number of anilines is 1. The lowest BCUT2D eigenvalue weighted by Gasteiger charge is -2.02. The summed E-state index contributed by atoms with van der Waals surface area (Å²) in [6.45, 7) is 0.466. The van der Waals surface area contributed by atoms with Gasteiger partial charge in [-0.05, 0) is 17.7 Å². The van der Waals surface area contributed by atoms with Crippen LogP contribution in [-0.2, 0) is 6.54 Å². The number of benzene rings is 1. The summed E-state index contributed by atoms with van der Waals surface area (Å²) < 4.78 is 4.61. The Hall–Kier alpha value is -2.14. The molecule has 3 N–H and O–H groups in total. The van der Waals surface area contributed by atoms with E-state index in [2.05, 4.69) is 15.0 Å². The molecule has 1 amide bonds. The van der Waals surface area contributed by atoms with Gasteiger partial charge in [0.25, 0.3) is 5.91 Å². The summed E-state index contributed by atoms with van der Waals surface area (Å²) in [6.07, 6.45) is 2.80. The summed E-state index contributed by atoms with van der Waals surface area (Å²) in [6, 6.07) is 7.10. The third-order valence-electron chi connectivity index (χ3n) is 2.14. The molecule has 0 radical (unpaired) electrons. The van der Waals surface area contributed by atoms with Gasteiger partial charge in [-0.1, -0.05) is 17.3 Å². The molecule has 16 heavy (non-hydrogen) atoms. The molecule has 0 unspecified atom stereocenters. The van der Waals surface area contributed by atoms with E-state index in [9.17, 15) is 4.79 Å². The van der Waals surface area contributed by atoms with Crippen molar-refractivity contribution in [2.45, 2.75) is 6.54 Å². The van der Waals surface area contributed by atoms with Crippen molar-refractivity contribution in [3.8, 4) is 0 Å². The number of rotatable bonds is 3. The van der Waals surface area contributed by atoms with Gasteiger partial charge in [0.1, 0.15) is 12.0 Å². The van der Waals surface area contributed by atoms with Crippen LogP contribution in [0, 0.1) is 0 Å². The highest BCUT2D eigenvalue weighted by molar-refractivity contribution is 6.04. The zero-order valence-corrected chi connectivity index (χ0v) is 8.51. The van der Waals surface area contributed by atoms with Gasteiger partial charge in [-0.15, -0.1) is 0 Å². The van der Waals surface area contributed by atoms with Crippen LogP contribution in [0.1, 0.15) is 15.9 Å². The van der Waals surface area contributed by atoms with Crippen molar-refractivity contribution in [1.29, 1.82) is 0 Å². The smallest absolute Gasteiger partial charge is 0.255 e. The maximum absolute atomic E-state index is 11.7. The Kier molecular flexibility index (Phi) is 2.98. The summed E-state index contributed by atoms with van der Waals surface area (Å²) in [5.41, 5.74) is 7.56. The van der Waals surface area contributed by atoms with Crippen molar-refractivity contribution in [3.05, 3.63) is 47.9 Å². The fourth-order valence-electron chi connectivity index (χ4n) is 1.26. The molecule has 0 aliphatic rings. The topological polar surface area (TPSA) is 81.2 Å². The predicted molar refractivity (Wildman–Crippen MR) is 58.8 cm³/mol. The Morgan fingerprint density at radius 2 is 2.12 bits per heavy atom. The Morgan fingerprint density at radius 1 is 1.38 bits per heavy atom. The highest BCUT2D eigenvalue weighted by Gasteiger charge is 2.06. The fraction of sp³-hybridized carbons (Fsp3) is 0.0909. The minimum Gasteiger partial charge on any atom is -0.363 e. The number of carbonyl (C=O) groups excluding carboxylic acids is 1. The monoisotopic (exact) mass is 217 g/mol. The third-order valence-corrected chi connectivity index (χ3v) is 2.14. The highest BCUT2D eigenvalue weighted by atomic mass is 16.5. The Morgan fingerprint density at radius 3 is 2.69 bits per heavy atom. The van der Waals surface area contributed by atoms with Gasteiger partial charge in [0.05, 0.1) is 6.20 Å². The van der Waals surface area contributed by atoms with E-state index in [-0.39, 0.29) is 5.91 Å². The summed E-state index contributed by atoms with van der Waals surface area (Å²) in [7, 11) is 0. The molecule has 1 aromatic heterocycles. The predicted octanol–water partition coefficient (Wildman–Crippen LogP) is 1.39. The molecule has 82 valence electrons. The van der Waals surface area contributed by atoms with Crippen LogP contribution in [0.4, 0.5) is 5.69 Å². The minimum absolute atomic E-state index is 0.202. The lowest BCUT2D eigenvalue weighted by molar-refractivity contribution is 0.102. The Bertz CT molecular complexity index is 462. The molecular formula is C11H11N3O2. The largest absolute Gasteiger partial charge is 0.363 e. The zero-order chi connectivity index (χ0) is 11.4. The zero-order valence-electron chi connectivity index (χ0n) is 8.51. The number of hydrogen-bond acceptors (Lipinski definition) is 4. The minimum atomic E-state index is -0.202. The van der Waals surface area contributed by atoms with Gasteiger partial charge >= 0.3 is 0 Å². The van der Waals surface area contributed by atoms with Gasteiger partial charge in [0.2, 0.25) is 0 Å². The molecule has 0 saturated heterocycles. The quantitative estimate of drug-likeness (QED) is 0.813. The average Bonchev–Trinajstić information content (AvgIpc) is 2.82. The Labute approximate surface area is 92.2 Å². The highest BCUT2D eigenvalue weighted by Crippen LogP contribution is 2.09. The van der Waals surface area contributed by atoms with Gasteiger partial charge in [-0.3, -0.25) is 4.79 Å². The van der Waals surface area contributed by atoms with E-state index in [1.54, 1.807) is 12.1 Å². The van der Waals surface area contributed by atoms with Gasteiger partial charge in [0.15, 0.2) is 0 Å². The lowest BCUT2D eigenvalue weighted by atomic mass is 10.1. The number of nitrogens with one attached hydrogen (secondary N) is 1. The van der Waals surface area contributed by atoms with Gasteiger partial charge in [0, 0.05) is 12.1 Å². The van der Waals surface area contributed by atoms with Crippen LogP contribution in [0.5, 0.6) is 0 Å². The van der Waals surface area contributed by atoms with Crippen molar-refractivity contribution >= 4 is 11.6 Å². The number of nitrogens with two attached hydrogens (primary N) is 1. The van der Waals surface area contributed by atoms with Crippen molar-refractivity contribution < 1.29 is 9.32 Å². The number of nitrogens with zero attached hydrogens (tertiary/aromatic N) is 1. The van der Waals surface area contributed by atoms with Crippen LogP contribution in [0.25, 0.3) is 0 Å². The van der Waals surface area contributed by atoms with E-state index >= 15 is 0 Å². The molecule has 0 atom stereocenters. The average molecular weight is 217 g/mol. The first-order chi connectivity index (χ1) is 7.79. The standard InChI is InChI=1S/C11H11N3O2/c12-5-8-1-3-9(4-2-8)11(15)14-10-6-13-16-7-10/h1-4,6-7H,5,12H2,(H,14,15). The van der Waals surface area contributed by atoms with Crippen molar-refractivity contribution in [1.82, 2.24) is 5.16 Å². The number of amides is 1.